The average molecular weight is 191 g/mol. The molecule has 0 atom stereocenters. The molecule has 0 saturated carbocycles. The van der Waals surface area contributed by atoms with Crippen LogP contribution in [0.25, 0.3) is 0 Å². The minimum atomic E-state index is -0.0272. The van der Waals surface area contributed by atoms with Crippen LogP contribution < -0.4 is 0 Å². The molecule has 0 N–H and O–H groups in total. The van der Waals surface area contributed by atoms with Gasteiger partial charge in [0.15, 0.2) is 0 Å². The lowest BCUT2D eigenvalue weighted by atomic mass is 10.1. The van der Waals surface area contributed by atoms with E-state index < -0.39 is 0 Å². The maximum Gasteiger partial charge on any atom is 0.114 e. The van der Waals surface area contributed by atoms with Crippen molar-refractivity contribution in [2.45, 2.75) is 19.8 Å². The van der Waals surface area contributed by atoms with E-state index in [2.05, 4.69) is 15.9 Å². The SMILES string of the molecule is CC1=CC(Br)=C(F)CC1. The molecule has 0 saturated heterocycles. The molecule has 0 radical (unpaired) electrons. The summed E-state index contributed by atoms with van der Waals surface area (Å²) in [4.78, 5) is 0. The van der Waals surface area contributed by atoms with Gasteiger partial charge in [0, 0.05) is 10.9 Å². The molecule has 0 unspecified atom stereocenters. The largest absolute Gasteiger partial charge is 0.211 e. The lowest BCUT2D eigenvalue weighted by Gasteiger charge is -2.06. The van der Waals surface area contributed by atoms with Crippen LogP contribution in [0.3, 0.4) is 0 Å². The van der Waals surface area contributed by atoms with E-state index in [4.69, 9.17) is 0 Å². The first-order chi connectivity index (χ1) is 4.20. The van der Waals surface area contributed by atoms with Crippen molar-refractivity contribution in [2.75, 3.05) is 0 Å². The minimum Gasteiger partial charge on any atom is -0.211 e. The zero-order valence-electron chi connectivity index (χ0n) is 5.25. The van der Waals surface area contributed by atoms with E-state index in [0.29, 0.717) is 10.9 Å². The molecular weight excluding hydrogens is 183 g/mol. The second kappa shape index (κ2) is 2.65. The Hall–Kier alpha value is -0.110. The van der Waals surface area contributed by atoms with Crippen LogP contribution in [0, 0.1) is 0 Å². The van der Waals surface area contributed by atoms with Crippen molar-refractivity contribution in [2.24, 2.45) is 0 Å². The number of rotatable bonds is 0. The lowest BCUT2D eigenvalue weighted by Crippen LogP contribution is -1.88. The van der Waals surface area contributed by atoms with Gasteiger partial charge in [-0.1, -0.05) is 5.57 Å². The summed E-state index contributed by atoms with van der Waals surface area (Å²) in [6.45, 7) is 2.01. The third-order valence-corrected chi connectivity index (χ3v) is 2.03. The van der Waals surface area contributed by atoms with Gasteiger partial charge in [-0.25, -0.2) is 4.39 Å². The van der Waals surface area contributed by atoms with E-state index in [1.165, 1.54) is 5.57 Å². The van der Waals surface area contributed by atoms with Crippen molar-refractivity contribution in [3.8, 4) is 0 Å². The Labute approximate surface area is 62.6 Å². The minimum absolute atomic E-state index is 0.0272. The Bertz CT molecular complexity index is 179. The van der Waals surface area contributed by atoms with Gasteiger partial charge in [0.25, 0.3) is 0 Å². The van der Waals surface area contributed by atoms with Gasteiger partial charge in [0.2, 0.25) is 0 Å². The third-order valence-electron chi connectivity index (χ3n) is 1.37. The summed E-state index contributed by atoms with van der Waals surface area (Å²) in [5, 5.41) is 0. The second-order valence-corrected chi connectivity index (χ2v) is 3.10. The Balaban J connectivity index is 2.83. The maximum absolute atomic E-state index is 12.5. The van der Waals surface area contributed by atoms with Crippen molar-refractivity contribution in [3.63, 3.8) is 0 Å². The maximum atomic E-state index is 12.5. The normalized spacial score (nSPS) is 20.1. The van der Waals surface area contributed by atoms with Gasteiger partial charge in [-0.2, -0.15) is 0 Å². The first kappa shape index (κ1) is 7.00. The van der Waals surface area contributed by atoms with Crippen molar-refractivity contribution in [1.82, 2.24) is 0 Å². The zero-order chi connectivity index (χ0) is 6.85. The molecule has 1 rings (SSSR count). The molecular formula is C7H8BrF. The predicted octanol–water partition coefficient (Wildman–Crippen LogP) is 3.30. The molecule has 9 heavy (non-hydrogen) atoms. The smallest absolute Gasteiger partial charge is 0.114 e. The topological polar surface area (TPSA) is 0 Å². The average Bonchev–Trinajstić information content (AvgIpc) is 1.80. The molecule has 0 nitrogen and oxygen atoms in total. The Kier molecular flexibility index (Phi) is 2.06. The summed E-state index contributed by atoms with van der Waals surface area (Å²) in [6, 6.07) is 0. The predicted molar refractivity (Wildman–Crippen MR) is 40.1 cm³/mol. The summed E-state index contributed by atoms with van der Waals surface area (Å²) in [5.41, 5.74) is 1.24. The van der Waals surface area contributed by atoms with Crippen molar-refractivity contribution in [3.05, 3.63) is 22.0 Å². The van der Waals surface area contributed by atoms with Gasteiger partial charge in [-0.3, -0.25) is 0 Å². The summed E-state index contributed by atoms with van der Waals surface area (Å²) >= 11 is 3.12. The third kappa shape index (κ3) is 1.65. The molecule has 0 aliphatic heterocycles. The van der Waals surface area contributed by atoms with E-state index in [-0.39, 0.29) is 5.83 Å². The number of hydrogen-bond acceptors (Lipinski definition) is 0. The fourth-order valence-corrected chi connectivity index (χ4v) is 1.38. The highest BCUT2D eigenvalue weighted by Gasteiger charge is 2.07. The van der Waals surface area contributed by atoms with Crippen LogP contribution in [0.2, 0.25) is 0 Å². The Morgan fingerprint density at radius 3 is 2.67 bits per heavy atom. The van der Waals surface area contributed by atoms with Crippen LogP contribution in [-0.2, 0) is 0 Å². The molecule has 0 bridgehead atoms. The zero-order valence-corrected chi connectivity index (χ0v) is 6.83. The molecule has 0 aromatic carbocycles. The molecule has 0 aromatic rings. The number of halogens is 2. The van der Waals surface area contributed by atoms with E-state index in [1.54, 1.807) is 0 Å². The second-order valence-electron chi connectivity index (χ2n) is 2.24. The highest BCUT2D eigenvalue weighted by molar-refractivity contribution is 9.11. The quantitative estimate of drug-likeness (QED) is 0.551. The van der Waals surface area contributed by atoms with E-state index in [1.807, 2.05) is 13.0 Å². The molecule has 0 fully saturated rings. The molecule has 1 aliphatic carbocycles. The van der Waals surface area contributed by atoms with E-state index >= 15 is 0 Å². The van der Waals surface area contributed by atoms with Crippen LogP contribution in [0.4, 0.5) is 4.39 Å². The first-order valence-electron chi connectivity index (χ1n) is 2.91. The molecule has 0 spiro atoms. The fraction of sp³-hybridized carbons (Fsp3) is 0.429. The summed E-state index contributed by atoms with van der Waals surface area (Å²) < 4.78 is 13.2. The van der Waals surface area contributed by atoms with Crippen LogP contribution in [0.1, 0.15) is 19.8 Å². The number of allylic oxidation sites excluding steroid dienone is 4. The van der Waals surface area contributed by atoms with Crippen molar-refractivity contribution in [1.29, 1.82) is 0 Å². The first-order valence-corrected chi connectivity index (χ1v) is 3.71. The van der Waals surface area contributed by atoms with Gasteiger partial charge in [0.1, 0.15) is 5.83 Å². The van der Waals surface area contributed by atoms with Crippen LogP contribution in [0.15, 0.2) is 22.0 Å². The van der Waals surface area contributed by atoms with Gasteiger partial charge in [0.05, 0.1) is 0 Å². The highest BCUT2D eigenvalue weighted by Crippen LogP contribution is 2.27. The van der Waals surface area contributed by atoms with Crippen LogP contribution in [0.5, 0.6) is 0 Å². The number of hydrogen-bond donors (Lipinski definition) is 0. The molecule has 0 amide bonds. The van der Waals surface area contributed by atoms with E-state index in [9.17, 15) is 4.39 Å². The molecule has 1 aliphatic rings. The van der Waals surface area contributed by atoms with Gasteiger partial charge in [-0.15, -0.1) is 0 Å². The van der Waals surface area contributed by atoms with Gasteiger partial charge < -0.3 is 0 Å². The van der Waals surface area contributed by atoms with Crippen molar-refractivity contribution < 1.29 is 4.39 Å². The van der Waals surface area contributed by atoms with E-state index in [0.717, 1.165) is 6.42 Å². The van der Waals surface area contributed by atoms with Gasteiger partial charge in [-0.05, 0) is 35.4 Å². The van der Waals surface area contributed by atoms with Gasteiger partial charge >= 0.3 is 0 Å². The Morgan fingerprint density at radius 2 is 2.22 bits per heavy atom. The fourth-order valence-electron chi connectivity index (χ4n) is 0.793. The molecule has 50 valence electrons. The van der Waals surface area contributed by atoms with Crippen molar-refractivity contribution >= 4 is 15.9 Å². The summed E-state index contributed by atoms with van der Waals surface area (Å²) in [7, 11) is 0. The lowest BCUT2D eigenvalue weighted by molar-refractivity contribution is 0.580. The molecule has 0 heterocycles. The van der Waals surface area contributed by atoms with Crippen LogP contribution >= 0.6 is 15.9 Å². The standard InChI is InChI=1S/C7H8BrF/c1-5-2-3-7(9)6(8)4-5/h4H,2-3H2,1H3. The monoisotopic (exact) mass is 190 g/mol. The molecule has 0 aromatic heterocycles. The summed E-state index contributed by atoms with van der Waals surface area (Å²) in [6.07, 6.45) is 3.25. The van der Waals surface area contributed by atoms with Crippen LogP contribution in [-0.4, -0.2) is 0 Å². The molecule has 2 heteroatoms. The highest BCUT2D eigenvalue weighted by atomic mass is 79.9. The summed E-state index contributed by atoms with van der Waals surface area (Å²) in [5.74, 6) is -0.0272. The Morgan fingerprint density at radius 1 is 1.56 bits per heavy atom.